The van der Waals surface area contributed by atoms with Crippen molar-refractivity contribution in [3.63, 3.8) is 0 Å². The van der Waals surface area contributed by atoms with Crippen LogP contribution in [0.4, 0.5) is 5.69 Å². The number of amides is 1. The first kappa shape index (κ1) is 18.2. The number of nitro groups is 1. The van der Waals surface area contributed by atoms with Gasteiger partial charge in [-0.1, -0.05) is 30.3 Å². The van der Waals surface area contributed by atoms with E-state index >= 15 is 0 Å². The molecule has 0 spiro atoms. The summed E-state index contributed by atoms with van der Waals surface area (Å²) in [7, 11) is 0. The predicted octanol–water partition coefficient (Wildman–Crippen LogP) is 3.80. The van der Waals surface area contributed by atoms with Gasteiger partial charge in [0.2, 0.25) is 0 Å². The average Bonchev–Trinajstić information content (AvgIpc) is 3.20. The average molecular weight is 366 g/mol. The van der Waals surface area contributed by atoms with Gasteiger partial charge in [0.25, 0.3) is 11.6 Å². The lowest BCUT2D eigenvalue weighted by Gasteiger charge is -2.22. The molecular weight excluding hydrogens is 348 g/mol. The number of carbonyl (C=O) groups is 1. The second-order valence-corrected chi connectivity index (χ2v) is 5.85. The standard InChI is InChI=1S/C20H18N2O5/c23-20(15-27-18-5-2-1-3-6-18)21(14-19-7-4-12-26-19)13-16-8-10-17(11-9-16)22(24)25/h1-12H,13-15H2. The fourth-order valence-corrected chi connectivity index (χ4v) is 2.52. The number of nitrogens with zero attached hydrogens (tertiary/aromatic N) is 2. The Morgan fingerprint density at radius 3 is 2.37 bits per heavy atom. The Labute approximate surface area is 155 Å². The predicted molar refractivity (Wildman–Crippen MR) is 98.0 cm³/mol. The summed E-state index contributed by atoms with van der Waals surface area (Å²) in [5.41, 5.74) is 0.787. The van der Waals surface area contributed by atoms with Crippen molar-refractivity contribution < 1.29 is 18.9 Å². The van der Waals surface area contributed by atoms with Crippen molar-refractivity contribution in [2.24, 2.45) is 0 Å². The molecule has 3 rings (SSSR count). The molecule has 138 valence electrons. The van der Waals surface area contributed by atoms with Crippen LogP contribution in [-0.2, 0) is 17.9 Å². The van der Waals surface area contributed by atoms with Crippen molar-refractivity contribution in [3.8, 4) is 5.75 Å². The summed E-state index contributed by atoms with van der Waals surface area (Å²) in [6.45, 7) is 0.453. The molecule has 0 aliphatic heterocycles. The van der Waals surface area contributed by atoms with E-state index in [2.05, 4.69) is 0 Å². The summed E-state index contributed by atoms with van der Waals surface area (Å²) in [5, 5.41) is 10.8. The van der Waals surface area contributed by atoms with Crippen molar-refractivity contribution in [1.29, 1.82) is 0 Å². The van der Waals surface area contributed by atoms with Crippen LogP contribution in [0.2, 0.25) is 0 Å². The van der Waals surface area contributed by atoms with E-state index in [0.717, 1.165) is 5.56 Å². The first-order valence-electron chi connectivity index (χ1n) is 8.33. The molecule has 1 aromatic heterocycles. The molecule has 3 aromatic rings. The number of ether oxygens (including phenoxy) is 1. The van der Waals surface area contributed by atoms with E-state index in [1.807, 2.05) is 18.2 Å². The molecule has 0 fully saturated rings. The molecule has 7 heteroatoms. The van der Waals surface area contributed by atoms with E-state index < -0.39 is 4.92 Å². The number of rotatable bonds is 8. The summed E-state index contributed by atoms with van der Waals surface area (Å²) < 4.78 is 10.9. The Morgan fingerprint density at radius 2 is 1.74 bits per heavy atom. The number of para-hydroxylation sites is 1. The highest BCUT2D eigenvalue weighted by Gasteiger charge is 2.17. The van der Waals surface area contributed by atoms with Gasteiger partial charge in [-0.25, -0.2) is 0 Å². The molecule has 1 amide bonds. The lowest BCUT2D eigenvalue weighted by atomic mass is 10.2. The third kappa shape index (κ3) is 5.18. The third-order valence-corrected chi connectivity index (χ3v) is 3.91. The number of hydrogen-bond donors (Lipinski definition) is 0. The van der Waals surface area contributed by atoms with Gasteiger partial charge in [-0.2, -0.15) is 0 Å². The summed E-state index contributed by atoms with van der Waals surface area (Å²) in [4.78, 5) is 24.6. The van der Waals surface area contributed by atoms with Crippen molar-refractivity contribution >= 4 is 11.6 Å². The van der Waals surface area contributed by atoms with Gasteiger partial charge in [-0.3, -0.25) is 14.9 Å². The second kappa shape index (κ2) is 8.66. The van der Waals surface area contributed by atoms with Gasteiger partial charge in [-0.05, 0) is 29.8 Å². The van der Waals surface area contributed by atoms with E-state index in [0.29, 0.717) is 11.5 Å². The zero-order valence-corrected chi connectivity index (χ0v) is 14.5. The summed E-state index contributed by atoms with van der Waals surface area (Å²) in [6.07, 6.45) is 1.55. The van der Waals surface area contributed by atoms with Crippen LogP contribution in [0.15, 0.2) is 77.4 Å². The van der Waals surface area contributed by atoms with Gasteiger partial charge in [0, 0.05) is 18.7 Å². The van der Waals surface area contributed by atoms with Crippen molar-refractivity contribution in [1.82, 2.24) is 4.90 Å². The zero-order chi connectivity index (χ0) is 19.1. The van der Waals surface area contributed by atoms with Crippen molar-refractivity contribution in [2.75, 3.05) is 6.61 Å². The van der Waals surface area contributed by atoms with E-state index in [1.165, 1.54) is 12.1 Å². The summed E-state index contributed by atoms with van der Waals surface area (Å²) in [6, 6.07) is 18.7. The Balaban J connectivity index is 1.69. The molecule has 0 bridgehead atoms. The van der Waals surface area contributed by atoms with E-state index in [4.69, 9.17) is 9.15 Å². The van der Waals surface area contributed by atoms with Crippen LogP contribution in [0.5, 0.6) is 5.75 Å². The fraction of sp³-hybridized carbons (Fsp3) is 0.150. The maximum absolute atomic E-state index is 12.7. The zero-order valence-electron chi connectivity index (χ0n) is 14.5. The lowest BCUT2D eigenvalue weighted by Crippen LogP contribution is -2.34. The maximum atomic E-state index is 12.7. The highest BCUT2D eigenvalue weighted by Crippen LogP contribution is 2.16. The van der Waals surface area contributed by atoms with Gasteiger partial charge < -0.3 is 14.1 Å². The molecule has 2 aromatic carbocycles. The Hall–Kier alpha value is -3.61. The maximum Gasteiger partial charge on any atom is 0.269 e. The van der Waals surface area contributed by atoms with Gasteiger partial charge in [0.1, 0.15) is 11.5 Å². The SMILES string of the molecule is O=C(COc1ccccc1)N(Cc1ccc([N+](=O)[O-])cc1)Cc1ccco1. The molecule has 0 aliphatic rings. The molecule has 0 unspecified atom stereocenters. The molecule has 0 N–H and O–H groups in total. The Morgan fingerprint density at radius 1 is 1.00 bits per heavy atom. The fourth-order valence-electron chi connectivity index (χ4n) is 2.52. The molecule has 0 radical (unpaired) electrons. The van der Waals surface area contributed by atoms with Crippen LogP contribution in [0.1, 0.15) is 11.3 Å². The molecule has 7 nitrogen and oxygen atoms in total. The first-order chi connectivity index (χ1) is 13.1. The first-order valence-corrected chi connectivity index (χ1v) is 8.33. The molecule has 0 aliphatic carbocycles. The third-order valence-electron chi connectivity index (χ3n) is 3.91. The number of furan rings is 1. The number of non-ortho nitro benzene ring substituents is 1. The highest BCUT2D eigenvalue weighted by atomic mass is 16.6. The molecule has 0 saturated carbocycles. The Kier molecular flexibility index (Phi) is 5.84. The van der Waals surface area contributed by atoms with Crippen LogP contribution >= 0.6 is 0 Å². The second-order valence-electron chi connectivity index (χ2n) is 5.85. The van der Waals surface area contributed by atoms with Crippen LogP contribution in [0.3, 0.4) is 0 Å². The van der Waals surface area contributed by atoms with Crippen LogP contribution in [-0.4, -0.2) is 22.3 Å². The van der Waals surface area contributed by atoms with Crippen LogP contribution < -0.4 is 4.74 Å². The van der Waals surface area contributed by atoms with Crippen molar-refractivity contribution in [2.45, 2.75) is 13.1 Å². The van der Waals surface area contributed by atoms with Crippen LogP contribution in [0, 0.1) is 10.1 Å². The van der Waals surface area contributed by atoms with Gasteiger partial charge in [-0.15, -0.1) is 0 Å². The monoisotopic (exact) mass is 366 g/mol. The van der Waals surface area contributed by atoms with E-state index in [1.54, 1.807) is 47.6 Å². The van der Waals surface area contributed by atoms with Gasteiger partial charge in [0.05, 0.1) is 17.7 Å². The van der Waals surface area contributed by atoms with Crippen LogP contribution in [0.25, 0.3) is 0 Å². The minimum Gasteiger partial charge on any atom is -0.484 e. The summed E-state index contributed by atoms with van der Waals surface area (Å²) >= 11 is 0. The highest BCUT2D eigenvalue weighted by molar-refractivity contribution is 5.77. The number of nitro benzene ring substituents is 1. The number of hydrogen-bond acceptors (Lipinski definition) is 5. The van der Waals surface area contributed by atoms with Gasteiger partial charge >= 0.3 is 0 Å². The molecule has 0 atom stereocenters. The minimum absolute atomic E-state index is 0.00933. The number of carbonyl (C=O) groups excluding carboxylic acids is 1. The minimum atomic E-state index is -0.455. The molecule has 0 saturated heterocycles. The normalized spacial score (nSPS) is 10.4. The summed E-state index contributed by atoms with van der Waals surface area (Å²) in [5.74, 6) is 1.04. The largest absolute Gasteiger partial charge is 0.484 e. The topological polar surface area (TPSA) is 85.8 Å². The van der Waals surface area contributed by atoms with Crippen molar-refractivity contribution in [3.05, 3.63) is 94.4 Å². The van der Waals surface area contributed by atoms with Gasteiger partial charge in [0.15, 0.2) is 6.61 Å². The smallest absolute Gasteiger partial charge is 0.269 e. The lowest BCUT2D eigenvalue weighted by molar-refractivity contribution is -0.384. The molecule has 27 heavy (non-hydrogen) atoms. The van der Waals surface area contributed by atoms with E-state index in [-0.39, 0.29) is 31.3 Å². The Bertz CT molecular complexity index is 877. The molecular formula is C20H18N2O5. The number of benzene rings is 2. The van der Waals surface area contributed by atoms with E-state index in [9.17, 15) is 14.9 Å². The molecule has 1 heterocycles. The quantitative estimate of drug-likeness (QED) is 0.447.